The van der Waals surface area contributed by atoms with Gasteiger partial charge in [-0.25, -0.2) is 0 Å². The molecule has 0 fully saturated rings. The van der Waals surface area contributed by atoms with Crippen molar-refractivity contribution >= 4 is 40.0 Å². The lowest BCUT2D eigenvalue weighted by Crippen LogP contribution is -2.34. The molecule has 2 heterocycles. The number of hydrogen-bond acceptors (Lipinski definition) is 6. The van der Waals surface area contributed by atoms with E-state index in [0.29, 0.717) is 51.8 Å². The molecule has 4 aromatic carbocycles. The summed E-state index contributed by atoms with van der Waals surface area (Å²) in [6.07, 6.45) is 0.661. The van der Waals surface area contributed by atoms with Crippen molar-refractivity contribution in [3.63, 3.8) is 0 Å². The minimum absolute atomic E-state index is 0.0268. The third kappa shape index (κ3) is 6.78. The Bertz CT molecular complexity index is 1940. The number of benzene rings is 4. The standard InChI is InChI=1S/C35H30ClN3O6/c1-43-26-12-7-24(8-13-26)20-39-30-4-2-3-29(38-33(40)18-22-5-10-25(36)11-6-22)27(30)19-28(35(39)42)34(41)37-16-15-23-9-14-31-32(17-23)45-21-44-31/h2-14,17,19H,15-16,18,20-21H2,1H3,(H,37,41)(H,38,40). The van der Waals surface area contributed by atoms with Crippen LogP contribution in [0.25, 0.3) is 10.9 Å². The van der Waals surface area contributed by atoms with Crippen LogP contribution in [0.1, 0.15) is 27.0 Å². The summed E-state index contributed by atoms with van der Waals surface area (Å²) in [6, 6.07) is 26.9. The number of fused-ring (bicyclic) bond motifs is 2. The molecule has 0 bridgehead atoms. The van der Waals surface area contributed by atoms with Crippen LogP contribution < -0.4 is 30.4 Å². The second-order valence-electron chi connectivity index (χ2n) is 10.6. The molecule has 10 heteroatoms. The summed E-state index contributed by atoms with van der Waals surface area (Å²) >= 11 is 5.99. The van der Waals surface area contributed by atoms with E-state index < -0.39 is 11.5 Å². The van der Waals surface area contributed by atoms with E-state index >= 15 is 0 Å². The molecule has 228 valence electrons. The fourth-order valence-electron chi connectivity index (χ4n) is 5.24. The van der Waals surface area contributed by atoms with Crippen molar-refractivity contribution in [2.75, 3.05) is 25.8 Å². The predicted octanol–water partition coefficient (Wildman–Crippen LogP) is 5.59. The molecule has 5 aromatic rings. The molecule has 9 nitrogen and oxygen atoms in total. The molecule has 0 radical (unpaired) electrons. The second-order valence-corrected chi connectivity index (χ2v) is 11.0. The number of amides is 2. The quantitative estimate of drug-likeness (QED) is 0.210. The first-order valence-corrected chi connectivity index (χ1v) is 14.8. The largest absolute Gasteiger partial charge is 0.497 e. The topological polar surface area (TPSA) is 108 Å². The Labute approximate surface area is 264 Å². The van der Waals surface area contributed by atoms with Gasteiger partial charge in [0.05, 0.1) is 31.3 Å². The zero-order valence-electron chi connectivity index (χ0n) is 24.5. The highest BCUT2D eigenvalue weighted by Gasteiger charge is 2.19. The molecule has 0 atom stereocenters. The number of anilines is 1. The molecule has 6 rings (SSSR count). The summed E-state index contributed by atoms with van der Waals surface area (Å²) in [6.45, 7) is 0.692. The monoisotopic (exact) mass is 623 g/mol. The van der Waals surface area contributed by atoms with E-state index in [0.717, 1.165) is 16.7 Å². The Hall–Kier alpha value is -5.28. The van der Waals surface area contributed by atoms with Crippen molar-refractivity contribution in [3.8, 4) is 17.2 Å². The summed E-state index contributed by atoms with van der Waals surface area (Å²) in [5, 5.41) is 7.01. The van der Waals surface area contributed by atoms with Gasteiger partial charge in [0.15, 0.2) is 11.5 Å². The Morgan fingerprint density at radius 3 is 2.40 bits per heavy atom. The summed E-state index contributed by atoms with van der Waals surface area (Å²) in [4.78, 5) is 40.4. The third-order valence-corrected chi connectivity index (χ3v) is 7.82. The number of methoxy groups -OCH3 is 1. The number of hydrogen-bond donors (Lipinski definition) is 2. The van der Waals surface area contributed by atoms with Gasteiger partial charge in [-0.3, -0.25) is 14.4 Å². The zero-order valence-corrected chi connectivity index (χ0v) is 25.2. The zero-order chi connectivity index (χ0) is 31.3. The van der Waals surface area contributed by atoms with Crippen LogP contribution in [0, 0.1) is 0 Å². The van der Waals surface area contributed by atoms with E-state index in [1.807, 2.05) is 42.5 Å². The minimum atomic E-state index is -0.506. The van der Waals surface area contributed by atoms with Gasteiger partial charge in [-0.1, -0.05) is 48.0 Å². The van der Waals surface area contributed by atoms with E-state index in [4.69, 9.17) is 25.8 Å². The number of pyridine rings is 1. The first kappa shape index (κ1) is 29.8. The highest BCUT2D eigenvalue weighted by atomic mass is 35.5. The van der Waals surface area contributed by atoms with Crippen LogP contribution in [-0.4, -0.2) is 36.8 Å². The van der Waals surface area contributed by atoms with Crippen LogP contribution in [0.3, 0.4) is 0 Å². The van der Waals surface area contributed by atoms with E-state index in [1.54, 1.807) is 60.2 Å². The van der Waals surface area contributed by atoms with Crippen LogP contribution in [-0.2, 0) is 24.2 Å². The van der Waals surface area contributed by atoms with Crippen LogP contribution >= 0.6 is 11.6 Å². The van der Waals surface area contributed by atoms with Gasteiger partial charge < -0.3 is 29.4 Å². The first-order valence-electron chi connectivity index (χ1n) is 14.4. The number of carbonyl (C=O) groups excluding carboxylic acids is 2. The molecule has 0 aliphatic carbocycles. The molecule has 1 aromatic heterocycles. The molecule has 1 aliphatic rings. The van der Waals surface area contributed by atoms with Crippen LogP contribution in [0.2, 0.25) is 5.02 Å². The smallest absolute Gasteiger partial charge is 0.264 e. The molecular formula is C35H30ClN3O6. The number of carbonyl (C=O) groups is 2. The molecular weight excluding hydrogens is 594 g/mol. The lowest BCUT2D eigenvalue weighted by atomic mass is 10.1. The third-order valence-electron chi connectivity index (χ3n) is 7.57. The Kier molecular flexibility index (Phi) is 8.70. The summed E-state index contributed by atoms with van der Waals surface area (Å²) in [5.74, 6) is 1.30. The molecule has 0 saturated heterocycles. The molecule has 45 heavy (non-hydrogen) atoms. The molecule has 0 saturated carbocycles. The Morgan fingerprint density at radius 2 is 1.62 bits per heavy atom. The van der Waals surface area contributed by atoms with Gasteiger partial charge in [0.1, 0.15) is 11.3 Å². The van der Waals surface area contributed by atoms with Crippen LogP contribution in [0.5, 0.6) is 17.2 Å². The number of halogens is 1. The van der Waals surface area contributed by atoms with Crippen molar-refractivity contribution in [1.29, 1.82) is 0 Å². The van der Waals surface area contributed by atoms with Crippen molar-refractivity contribution in [2.45, 2.75) is 19.4 Å². The second kappa shape index (κ2) is 13.2. The summed E-state index contributed by atoms with van der Waals surface area (Å²) in [7, 11) is 1.59. The number of nitrogens with one attached hydrogen (secondary N) is 2. The van der Waals surface area contributed by atoms with Crippen LogP contribution in [0.4, 0.5) is 5.69 Å². The summed E-state index contributed by atoms with van der Waals surface area (Å²) in [5.41, 5.74) is 3.21. The first-order chi connectivity index (χ1) is 21.9. The number of ether oxygens (including phenoxy) is 3. The lowest BCUT2D eigenvalue weighted by molar-refractivity contribution is -0.115. The van der Waals surface area contributed by atoms with E-state index in [1.165, 1.54) is 0 Å². The van der Waals surface area contributed by atoms with Crippen molar-refractivity contribution in [2.24, 2.45) is 0 Å². The van der Waals surface area contributed by atoms with Gasteiger partial charge >= 0.3 is 0 Å². The minimum Gasteiger partial charge on any atom is -0.497 e. The van der Waals surface area contributed by atoms with E-state index in [9.17, 15) is 14.4 Å². The maximum Gasteiger partial charge on any atom is 0.264 e. The van der Waals surface area contributed by atoms with Crippen molar-refractivity contribution < 1.29 is 23.8 Å². The lowest BCUT2D eigenvalue weighted by Gasteiger charge is -2.16. The van der Waals surface area contributed by atoms with Crippen LogP contribution in [0.15, 0.2) is 95.8 Å². The van der Waals surface area contributed by atoms with E-state index in [-0.39, 0.29) is 31.2 Å². The van der Waals surface area contributed by atoms with Gasteiger partial charge in [-0.15, -0.1) is 0 Å². The predicted molar refractivity (Wildman–Crippen MR) is 173 cm³/mol. The van der Waals surface area contributed by atoms with E-state index in [2.05, 4.69) is 10.6 Å². The molecule has 0 unspecified atom stereocenters. The van der Waals surface area contributed by atoms with Gasteiger partial charge in [-0.2, -0.15) is 0 Å². The fraction of sp³-hybridized carbons (Fsp3) is 0.171. The number of aromatic nitrogens is 1. The molecule has 0 spiro atoms. The maximum atomic E-state index is 13.9. The Balaban J connectivity index is 1.30. The average molecular weight is 624 g/mol. The van der Waals surface area contributed by atoms with Gasteiger partial charge in [0, 0.05) is 17.0 Å². The van der Waals surface area contributed by atoms with Gasteiger partial charge in [0.2, 0.25) is 12.7 Å². The van der Waals surface area contributed by atoms with Gasteiger partial charge in [0.25, 0.3) is 11.5 Å². The number of rotatable bonds is 10. The van der Waals surface area contributed by atoms with Crippen molar-refractivity contribution in [3.05, 3.63) is 129 Å². The normalized spacial score (nSPS) is 11.8. The fourth-order valence-corrected chi connectivity index (χ4v) is 5.36. The maximum absolute atomic E-state index is 13.9. The molecule has 2 N–H and O–H groups in total. The average Bonchev–Trinajstić information content (AvgIpc) is 3.52. The van der Waals surface area contributed by atoms with Crippen molar-refractivity contribution in [1.82, 2.24) is 9.88 Å². The Morgan fingerprint density at radius 1 is 0.889 bits per heavy atom. The highest BCUT2D eigenvalue weighted by Crippen LogP contribution is 2.32. The van der Waals surface area contributed by atoms with Gasteiger partial charge in [-0.05, 0) is 77.7 Å². The highest BCUT2D eigenvalue weighted by molar-refractivity contribution is 6.30. The molecule has 2 amide bonds. The number of nitrogens with zero attached hydrogens (tertiary/aromatic N) is 1. The molecule has 1 aliphatic heterocycles. The summed E-state index contributed by atoms with van der Waals surface area (Å²) < 4.78 is 17.6. The SMILES string of the molecule is COc1ccc(Cn2c(=O)c(C(=O)NCCc3ccc4c(c3)OCO4)cc3c(NC(=O)Cc4ccc(Cl)cc4)cccc32)cc1.